The van der Waals surface area contributed by atoms with Crippen molar-refractivity contribution < 1.29 is 14.3 Å². The molecule has 0 bridgehead atoms. The maximum atomic E-state index is 11.7. The van der Waals surface area contributed by atoms with Crippen molar-refractivity contribution in [1.29, 1.82) is 0 Å². The van der Waals surface area contributed by atoms with Gasteiger partial charge in [-0.15, -0.1) is 23.7 Å². The summed E-state index contributed by atoms with van der Waals surface area (Å²) in [6.45, 7) is 1.79. The second-order valence-electron chi connectivity index (χ2n) is 4.84. The third-order valence-corrected chi connectivity index (χ3v) is 3.69. The van der Waals surface area contributed by atoms with Crippen LogP contribution in [-0.4, -0.2) is 31.2 Å². The maximum absolute atomic E-state index is 11.7. The number of anilines is 1. The number of hydrogen-bond acceptors (Lipinski definition) is 6. The van der Waals surface area contributed by atoms with Crippen molar-refractivity contribution in [3.8, 4) is 22.8 Å². The number of carbonyl (C=O) groups excluding carboxylic acids is 1. The number of carbonyl (C=O) groups is 1. The van der Waals surface area contributed by atoms with E-state index in [0.717, 1.165) is 11.3 Å². The second-order valence-corrected chi connectivity index (χ2v) is 5.70. The van der Waals surface area contributed by atoms with E-state index in [-0.39, 0.29) is 30.8 Å². The Morgan fingerprint density at radius 3 is 2.65 bits per heavy atom. The average molecular weight is 358 g/mol. The van der Waals surface area contributed by atoms with E-state index in [0.29, 0.717) is 16.6 Å². The molecule has 0 aliphatic carbocycles. The molecule has 0 aliphatic rings. The number of rotatable bonds is 6. The number of amides is 1. The molecule has 1 atom stereocenters. The van der Waals surface area contributed by atoms with Gasteiger partial charge in [-0.25, -0.2) is 4.98 Å². The van der Waals surface area contributed by atoms with Gasteiger partial charge in [0.2, 0.25) is 5.91 Å². The van der Waals surface area contributed by atoms with Gasteiger partial charge in [0.05, 0.1) is 19.9 Å². The number of halogens is 1. The summed E-state index contributed by atoms with van der Waals surface area (Å²) in [7, 11) is 3.18. The van der Waals surface area contributed by atoms with E-state index < -0.39 is 0 Å². The Morgan fingerprint density at radius 1 is 1.35 bits per heavy atom. The van der Waals surface area contributed by atoms with Crippen molar-refractivity contribution >= 4 is 34.8 Å². The number of nitrogens with one attached hydrogen (secondary N) is 1. The molecule has 8 heteroatoms. The molecule has 0 saturated heterocycles. The second kappa shape index (κ2) is 8.71. The van der Waals surface area contributed by atoms with Gasteiger partial charge < -0.3 is 20.5 Å². The highest BCUT2D eigenvalue weighted by Gasteiger charge is 2.11. The number of hydrogen-bond donors (Lipinski definition) is 2. The van der Waals surface area contributed by atoms with Gasteiger partial charge in [0.1, 0.15) is 0 Å². The van der Waals surface area contributed by atoms with Gasteiger partial charge in [0, 0.05) is 23.4 Å². The van der Waals surface area contributed by atoms with Crippen LogP contribution in [0.15, 0.2) is 23.6 Å². The highest BCUT2D eigenvalue weighted by molar-refractivity contribution is 7.14. The topological polar surface area (TPSA) is 86.5 Å². The predicted octanol–water partition coefficient (Wildman–Crippen LogP) is 2.92. The van der Waals surface area contributed by atoms with Crippen molar-refractivity contribution in [3.05, 3.63) is 23.6 Å². The number of nitrogens with two attached hydrogens (primary N) is 1. The van der Waals surface area contributed by atoms with Crippen LogP contribution in [-0.2, 0) is 4.79 Å². The summed E-state index contributed by atoms with van der Waals surface area (Å²) in [6.07, 6.45) is 0.269. The number of benzene rings is 1. The minimum atomic E-state index is -0.176. The molecule has 2 aromatic rings. The summed E-state index contributed by atoms with van der Waals surface area (Å²) in [4.78, 5) is 16.1. The Balaban J connectivity index is 0.00000264. The lowest BCUT2D eigenvalue weighted by molar-refractivity contribution is -0.116. The highest BCUT2D eigenvalue weighted by Crippen LogP contribution is 2.33. The largest absolute Gasteiger partial charge is 0.493 e. The first-order valence-electron chi connectivity index (χ1n) is 6.77. The van der Waals surface area contributed by atoms with Crippen LogP contribution in [0.2, 0.25) is 0 Å². The molecule has 126 valence electrons. The van der Waals surface area contributed by atoms with Crippen LogP contribution in [0.3, 0.4) is 0 Å². The van der Waals surface area contributed by atoms with E-state index in [9.17, 15) is 4.79 Å². The third-order valence-electron chi connectivity index (χ3n) is 2.94. The number of aromatic nitrogens is 1. The molecule has 0 radical (unpaired) electrons. The fraction of sp³-hybridized carbons (Fsp3) is 0.333. The summed E-state index contributed by atoms with van der Waals surface area (Å²) in [6, 6.07) is 5.39. The lowest BCUT2D eigenvalue weighted by Gasteiger charge is -2.08. The summed E-state index contributed by atoms with van der Waals surface area (Å²) in [5.41, 5.74) is 7.26. The normalized spacial score (nSPS) is 11.3. The van der Waals surface area contributed by atoms with Crippen molar-refractivity contribution in [1.82, 2.24) is 4.98 Å². The van der Waals surface area contributed by atoms with E-state index in [1.165, 1.54) is 11.3 Å². The zero-order valence-electron chi connectivity index (χ0n) is 13.2. The quantitative estimate of drug-likeness (QED) is 0.830. The highest BCUT2D eigenvalue weighted by atomic mass is 35.5. The summed E-state index contributed by atoms with van der Waals surface area (Å²) < 4.78 is 10.5. The Kier molecular flexibility index (Phi) is 7.28. The van der Waals surface area contributed by atoms with Crippen LogP contribution in [0.5, 0.6) is 11.5 Å². The van der Waals surface area contributed by atoms with Gasteiger partial charge in [0.15, 0.2) is 16.6 Å². The molecule has 1 aromatic heterocycles. The fourth-order valence-electron chi connectivity index (χ4n) is 1.92. The molecule has 3 N–H and O–H groups in total. The Labute approximate surface area is 145 Å². The van der Waals surface area contributed by atoms with Gasteiger partial charge in [0.25, 0.3) is 0 Å². The smallest absolute Gasteiger partial charge is 0.227 e. The van der Waals surface area contributed by atoms with Crippen LogP contribution in [0, 0.1) is 0 Å². The Hall–Kier alpha value is -1.83. The fourth-order valence-corrected chi connectivity index (χ4v) is 2.66. The minimum absolute atomic E-state index is 0. The lowest BCUT2D eigenvalue weighted by atomic mass is 10.1. The van der Waals surface area contributed by atoms with Crippen molar-refractivity contribution in [2.45, 2.75) is 19.4 Å². The molecular weight excluding hydrogens is 338 g/mol. The zero-order valence-corrected chi connectivity index (χ0v) is 14.8. The molecule has 0 spiro atoms. The first-order chi connectivity index (χ1) is 10.5. The molecule has 1 aromatic carbocycles. The van der Waals surface area contributed by atoms with Gasteiger partial charge >= 0.3 is 0 Å². The molecular formula is C15H20ClN3O3S. The number of thiazole rings is 1. The number of nitrogens with zero attached hydrogens (tertiary/aromatic N) is 1. The predicted molar refractivity (Wildman–Crippen MR) is 94.8 cm³/mol. The summed E-state index contributed by atoms with van der Waals surface area (Å²) >= 11 is 1.37. The maximum Gasteiger partial charge on any atom is 0.227 e. The molecule has 6 nitrogen and oxygen atoms in total. The zero-order chi connectivity index (χ0) is 16.1. The summed E-state index contributed by atoms with van der Waals surface area (Å²) in [5.74, 6) is 1.16. The molecule has 0 saturated carbocycles. The number of methoxy groups -OCH3 is 2. The van der Waals surface area contributed by atoms with E-state index in [1.807, 2.05) is 23.6 Å². The van der Waals surface area contributed by atoms with Gasteiger partial charge in [-0.1, -0.05) is 0 Å². The third kappa shape index (κ3) is 5.09. The standard InChI is InChI=1S/C15H19N3O3S.ClH/c1-9(16)6-14(19)18-15-17-11(8-22-15)10-4-5-12(20-2)13(7-10)21-3;/h4-5,7-9H,6,16H2,1-3H3,(H,17,18,19);1H. The SMILES string of the molecule is COc1ccc(-c2csc(NC(=O)CC(C)N)n2)cc1OC.Cl. The lowest BCUT2D eigenvalue weighted by Crippen LogP contribution is -2.23. The van der Waals surface area contributed by atoms with E-state index in [1.54, 1.807) is 21.1 Å². The first kappa shape index (κ1) is 19.2. The Bertz CT molecular complexity index is 661. The number of ether oxygens (including phenoxy) is 2. The van der Waals surface area contributed by atoms with Crippen LogP contribution in [0.4, 0.5) is 5.13 Å². The van der Waals surface area contributed by atoms with Crippen molar-refractivity contribution in [2.24, 2.45) is 5.73 Å². The molecule has 23 heavy (non-hydrogen) atoms. The molecule has 1 unspecified atom stereocenters. The van der Waals surface area contributed by atoms with Gasteiger partial charge in [-0.05, 0) is 25.1 Å². The van der Waals surface area contributed by atoms with E-state index >= 15 is 0 Å². The Morgan fingerprint density at radius 2 is 2.04 bits per heavy atom. The molecule has 1 heterocycles. The monoisotopic (exact) mass is 357 g/mol. The van der Waals surface area contributed by atoms with Crippen LogP contribution < -0.4 is 20.5 Å². The van der Waals surface area contributed by atoms with Gasteiger partial charge in [-0.2, -0.15) is 0 Å². The molecule has 0 aliphatic heterocycles. The molecule has 1 amide bonds. The van der Waals surface area contributed by atoms with Crippen molar-refractivity contribution in [3.63, 3.8) is 0 Å². The molecule has 2 rings (SSSR count). The van der Waals surface area contributed by atoms with Gasteiger partial charge in [-0.3, -0.25) is 4.79 Å². The van der Waals surface area contributed by atoms with Crippen LogP contribution in [0.1, 0.15) is 13.3 Å². The first-order valence-corrected chi connectivity index (χ1v) is 7.64. The van der Waals surface area contributed by atoms with E-state index in [4.69, 9.17) is 15.2 Å². The van der Waals surface area contributed by atoms with Crippen molar-refractivity contribution in [2.75, 3.05) is 19.5 Å². The minimum Gasteiger partial charge on any atom is -0.493 e. The van der Waals surface area contributed by atoms with Crippen LogP contribution >= 0.6 is 23.7 Å². The summed E-state index contributed by atoms with van der Waals surface area (Å²) in [5, 5.41) is 5.18. The average Bonchev–Trinajstić information content (AvgIpc) is 2.93. The van der Waals surface area contributed by atoms with E-state index in [2.05, 4.69) is 10.3 Å². The van der Waals surface area contributed by atoms with Crippen LogP contribution in [0.25, 0.3) is 11.3 Å². The molecule has 0 fully saturated rings.